The Bertz CT molecular complexity index is 514. The number of amides is 1. The first kappa shape index (κ1) is 13.3. The number of rotatable bonds is 3. The van der Waals surface area contributed by atoms with Crippen molar-refractivity contribution in [2.45, 2.75) is 45.1 Å². The number of carbonyl (C=O) groups excluding carboxylic acids is 1. The van der Waals surface area contributed by atoms with Gasteiger partial charge in [0.15, 0.2) is 0 Å². The standard InChI is InChI=1S/C18H23NO2/c20-11-12-1-3-16(4-2-12)19-17(21)18-8-13-5-14(9-18)7-15(6-13)10-18/h1-4,13-15,20H,5-11H2,(H,19,21). The van der Waals surface area contributed by atoms with Gasteiger partial charge < -0.3 is 10.4 Å². The number of carbonyl (C=O) groups is 1. The molecule has 21 heavy (non-hydrogen) atoms. The van der Waals surface area contributed by atoms with Crippen molar-refractivity contribution in [3.05, 3.63) is 29.8 Å². The molecule has 1 aromatic carbocycles. The molecule has 3 heteroatoms. The Kier molecular flexibility index (Phi) is 3.07. The molecule has 4 fully saturated rings. The molecule has 0 unspecified atom stereocenters. The number of aliphatic hydroxyl groups excluding tert-OH is 1. The van der Waals surface area contributed by atoms with E-state index in [-0.39, 0.29) is 17.9 Å². The van der Waals surface area contributed by atoms with Crippen LogP contribution < -0.4 is 5.32 Å². The number of aliphatic hydroxyl groups is 1. The molecule has 1 aromatic rings. The summed E-state index contributed by atoms with van der Waals surface area (Å²) in [6.45, 7) is 0.0448. The van der Waals surface area contributed by atoms with Crippen molar-refractivity contribution in [2.75, 3.05) is 5.32 Å². The molecule has 1 amide bonds. The van der Waals surface area contributed by atoms with E-state index in [9.17, 15) is 4.79 Å². The van der Waals surface area contributed by atoms with E-state index in [1.54, 1.807) is 0 Å². The van der Waals surface area contributed by atoms with Gasteiger partial charge in [-0.05, 0) is 74.0 Å². The number of hydrogen-bond acceptors (Lipinski definition) is 2. The van der Waals surface area contributed by atoms with E-state index in [0.717, 1.165) is 48.3 Å². The average molecular weight is 285 g/mol. The van der Waals surface area contributed by atoms with Crippen LogP contribution in [0.25, 0.3) is 0 Å². The zero-order chi connectivity index (χ0) is 14.4. The van der Waals surface area contributed by atoms with Crippen molar-refractivity contribution in [3.8, 4) is 0 Å². The Morgan fingerprint density at radius 2 is 1.57 bits per heavy atom. The van der Waals surface area contributed by atoms with E-state index < -0.39 is 0 Å². The summed E-state index contributed by atoms with van der Waals surface area (Å²) in [4.78, 5) is 12.9. The van der Waals surface area contributed by atoms with Crippen LogP contribution in [0.1, 0.15) is 44.1 Å². The normalized spacial score (nSPS) is 36.7. The summed E-state index contributed by atoms with van der Waals surface area (Å²) < 4.78 is 0. The zero-order valence-corrected chi connectivity index (χ0v) is 12.3. The van der Waals surface area contributed by atoms with Gasteiger partial charge in [0.2, 0.25) is 5.91 Å². The lowest BCUT2D eigenvalue weighted by Gasteiger charge is -2.55. The predicted molar refractivity (Wildman–Crippen MR) is 81.6 cm³/mol. The molecule has 0 atom stereocenters. The van der Waals surface area contributed by atoms with Crippen molar-refractivity contribution in [2.24, 2.45) is 23.2 Å². The van der Waals surface area contributed by atoms with Crippen LogP contribution in [0, 0.1) is 23.2 Å². The molecule has 0 heterocycles. The van der Waals surface area contributed by atoms with Gasteiger partial charge in [-0.25, -0.2) is 0 Å². The maximum absolute atomic E-state index is 12.9. The predicted octanol–water partition coefficient (Wildman–Crippen LogP) is 3.33. The van der Waals surface area contributed by atoms with Gasteiger partial charge >= 0.3 is 0 Å². The van der Waals surface area contributed by atoms with Gasteiger partial charge in [-0.15, -0.1) is 0 Å². The quantitative estimate of drug-likeness (QED) is 0.895. The topological polar surface area (TPSA) is 49.3 Å². The van der Waals surface area contributed by atoms with Gasteiger partial charge in [0.1, 0.15) is 0 Å². The SMILES string of the molecule is O=C(Nc1ccc(CO)cc1)C12CC3CC(CC(C3)C1)C2. The highest BCUT2D eigenvalue weighted by Gasteiger charge is 2.54. The summed E-state index contributed by atoms with van der Waals surface area (Å²) in [7, 11) is 0. The molecule has 0 aromatic heterocycles. The minimum Gasteiger partial charge on any atom is -0.392 e. The smallest absolute Gasteiger partial charge is 0.230 e. The lowest BCUT2D eigenvalue weighted by atomic mass is 9.49. The Balaban J connectivity index is 1.51. The molecule has 2 N–H and O–H groups in total. The third-order valence-corrected chi connectivity index (χ3v) is 5.91. The minimum absolute atomic E-state index is 0.0448. The molecule has 0 spiro atoms. The van der Waals surface area contributed by atoms with E-state index in [4.69, 9.17) is 5.11 Å². The summed E-state index contributed by atoms with van der Waals surface area (Å²) >= 11 is 0. The van der Waals surface area contributed by atoms with Crippen LogP contribution in [0.3, 0.4) is 0 Å². The summed E-state index contributed by atoms with van der Waals surface area (Å²) in [6.07, 6.45) is 7.37. The monoisotopic (exact) mass is 285 g/mol. The van der Waals surface area contributed by atoms with Crippen LogP contribution >= 0.6 is 0 Å². The maximum Gasteiger partial charge on any atom is 0.230 e. The fourth-order valence-corrected chi connectivity index (χ4v) is 5.35. The fourth-order valence-electron chi connectivity index (χ4n) is 5.35. The second-order valence-electron chi connectivity index (χ2n) is 7.51. The lowest BCUT2D eigenvalue weighted by Crippen LogP contribution is -2.51. The van der Waals surface area contributed by atoms with Crippen LogP contribution in [0.5, 0.6) is 0 Å². The van der Waals surface area contributed by atoms with Crippen LogP contribution in [0.2, 0.25) is 0 Å². The molecule has 4 bridgehead atoms. The van der Waals surface area contributed by atoms with Gasteiger partial charge in [-0.1, -0.05) is 12.1 Å². The van der Waals surface area contributed by atoms with Crippen molar-refractivity contribution in [1.29, 1.82) is 0 Å². The van der Waals surface area contributed by atoms with Crippen molar-refractivity contribution in [1.82, 2.24) is 0 Å². The first-order valence-electron chi connectivity index (χ1n) is 8.18. The Labute approximate surface area is 125 Å². The van der Waals surface area contributed by atoms with Gasteiger partial charge in [-0.2, -0.15) is 0 Å². The maximum atomic E-state index is 12.9. The molecule has 4 aliphatic rings. The number of benzene rings is 1. The van der Waals surface area contributed by atoms with E-state index in [2.05, 4.69) is 5.32 Å². The number of nitrogens with one attached hydrogen (secondary N) is 1. The van der Waals surface area contributed by atoms with E-state index >= 15 is 0 Å². The summed E-state index contributed by atoms with van der Waals surface area (Å²) in [6, 6.07) is 7.53. The first-order chi connectivity index (χ1) is 10.2. The third-order valence-electron chi connectivity index (χ3n) is 5.91. The number of anilines is 1. The average Bonchev–Trinajstić information content (AvgIpc) is 2.46. The largest absolute Gasteiger partial charge is 0.392 e. The highest BCUT2D eigenvalue weighted by molar-refractivity contribution is 5.95. The highest BCUT2D eigenvalue weighted by Crippen LogP contribution is 2.60. The van der Waals surface area contributed by atoms with Crippen molar-refractivity contribution in [3.63, 3.8) is 0 Å². The lowest BCUT2D eigenvalue weighted by molar-refractivity contribution is -0.140. The second-order valence-corrected chi connectivity index (χ2v) is 7.51. The van der Waals surface area contributed by atoms with Crippen LogP contribution in [-0.4, -0.2) is 11.0 Å². The first-order valence-corrected chi connectivity index (χ1v) is 8.18. The summed E-state index contributed by atoms with van der Waals surface area (Å²) in [5, 5.41) is 12.2. The van der Waals surface area contributed by atoms with Crippen molar-refractivity contribution >= 4 is 11.6 Å². The second kappa shape index (κ2) is 4.84. The molecular formula is C18H23NO2. The van der Waals surface area contributed by atoms with Gasteiger partial charge in [0.25, 0.3) is 0 Å². The Morgan fingerprint density at radius 1 is 1.05 bits per heavy atom. The molecular weight excluding hydrogens is 262 g/mol. The fraction of sp³-hybridized carbons (Fsp3) is 0.611. The highest BCUT2D eigenvalue weighted by atomic mass is 16.3. The molecule has 112 valence electrons. The molecule has 0 radical (unpaired) electrons. The molecule has 4 saturated carbocycles. The van der Waals surface area contributed by atoms with Gasteiger partial charge in [0, 0.05) is 5.69 Å². The Morgan fingerprint density at radius 3 is 2.05 bits per heavy atom. The van der Waals surface area contributed by atoms with E-state index in [1.165, 1.54) is 19.3 Å². The Hall–Kier alpha value is -1.35. The molecule has 4 aliphatic carbocycles. The molecule has 5 rings (SSSR count). The van der Waals surface area contributed by atoms with Crippen LogP contribution in [-0.2, 0) is 11.4 Å². The molecule has 3 nitrogen and oxygen atoms in total. The van der Waals surface area contributed by atoms with Crippen LogP contribution in [0.15, 0.2) is 24.3 Å². The molecule has 0 saturated heterocycles. The summed E-state index contributed by atoms with van der Waals surface area (Å²) in [5.41, 5.74) is 1.64. The van der Waals surface area contributed by atoms with Crippen LogP contribution in [0.4, 0.5) is 5.69 Å². The third kappa shape index (κ3) is 2.28. The van der Waals surface area contributed by atoms with E-state index in [0.29, 0.717) is 0 Å². The molecule has 0 aliphatic heterocycles. The summed E-state index contributed by atoms with van der Waals surface area (Å²) in [5.74, 6) is 2.61. The van der Waals surface area contributed by atoms with E-state index in [1.807, 2.05) is 24.3 Å². The van der Waals surface area contributed by atoms with Gasteiger partial charge in [0.05, 0.1) is 12.0 Å². The number of hydrogen-bond donors (Lipinski definition) is 2. The minimum atomic E-state index is -0.0929. The van der Waals surface area contributed by atoms with Crippen molar-refractivity contribution < 1.29 is 9.90 Å². The van der Waals surface area contributed by atoms with Gasteiger partial charge in [-0.3, -0.25) is 4.79 Å². The zero-order valence-electron chi connectivity index (χ0n) is 12.3.